The molecule has 10 nitrogen and oxygen atoms in total. The van der Waals surface area contributed by atoms with Crippen LogP contribution in [0.4, 0.5) is 11.4 Å². The Hall–Kier alpha value is -4.74. The number of carbonyl (C=O) groups is 1. The molecule has 0 radical (unpaired) electrons. The van der Waals surface area contributed by atoms with Crippen molar-refractivity contribution in [2.24, 2.45) is 0 Å². The number of anilines is 2. The number of aryl methyl sites for hydroxylation is 2. The molecule has 240 valence electrons. The predicted molar refractivity (Wildman–Crippen MR) is 175 cm³/mol. The number of hydrogen-bond acceptors (Lipinski definition) is 7. The molecule has 7 rings (SSSR count). The van der Waals surface area contributed by atoms with Crippen molar-refractivity contribution in [3.63, 3.8) is 0 Å². The topological polar surface area (TPSA) is 156 Å². The lowest BCUT2D eigenvalue weighted by atomic mass is 9.95. The van der Waals surface area contributed by atoms with E-state index in [9.17, 15) is 9.90 Å². The zero-order valence-electron chi connectivity index (χ0n) is 25.0. The molecule has 0 saturated heterocycles. The molecule has 12 heteroatoms. The lowest BCUT2D eigenvalue weighted by molar-refractivity contribution is -0.686. The number of para-hydroxylation sites is 2. The van der Waals surface area contributed by atoms with Crippen LogP contribution in [0.3, 0.4) is 0 Å². The Balaban J connectivity index is 0.000000208. The molecule has 46 heavy (non-hydrogen) atoms. The van der Waals surface area contributed by atoms with E-state index in [0.717, 1.165) is 46.7 Å². The zero-order valence-corrected chi connectivity index (χ0v) is 26.5. The SMILES string of the molecule is COc1ccc2cc3[n+](cc2c1OC)CCc1cc2c(cc1-3)OCO2.O.O.O=C([O-])Cc1ccccc1Nc1c(Cl)cccc1Cl. The minimum atomic E-state index is -1.14. The van der Waals surface area contributed by atoms with Crippen molar-refractivity contribution in [2.75, 3.05) is 26.3 Å². The van der Waals surface area contributed by atoms with E-state index in [-0.39, 0.29) is 17.4 Å². The van der Waals surface area contributed by atoms with Crippen LogP contribution in [0.5, 0.6) is 23.0 Å². The van der Waals surface area contributed by atoms with Gasteiger partial charge in [-0.15, -0.1) is 0 Å². The van der Waals surface area contributed by atoms with Crippen LogP contribution in [-0.4, -0.2) is 37.9 Å². The minimum Gasteiger partial charge on any atom is -0.550 e. The number of nitrogens with zero attached hydrogens (tertiary/aromatic N) is 1. The maximum atomic E-state index is 10.7. The van der Waals surface area contributed by atoms with Gasteiger partial charge in [-0.1, -0.05) is 47.5 Å². The van der Waals surface area contributed by atoms with Crippen LogP contribution in [0.15, 0.2) is 79.0 Å². The Labute approximate surface area is 275 Å². The highest BCUT2D eigenvalue weighted by atomic mass is 35.5. The van der Waals surface area contributed by atoms with Crippen LogP contribution >= 0.6 is 23.2 Å². The first kappa shape index (κ1) is 34.1. The summed E-state index contributed by atoms with van der Waals surface area (Å²) in [6.07, 6.45) is 2.94. The van der Waals surface area contributed by atoms with Gasteiger partial charge in [-0.2, -0.15) is 4.57 Å². The number of nitrogens with one attached hydrogen (secondary N) is 1. The summed E-state index contributed by atoms with van der Waals surface area (Å²) in [6, 6.07) is 22.6. The van der Waals surface area contributed by atoms with Crippen molar-refractivity contribution < 1.29 is 44.4 Å². The first-order chi connectivity index (χ1) is 21.4. The van der Waals surface area contributed by atoms with Crippen molar-refractivity contribution in [1.29, 1.82) is 0 Å². The number of carboxylic acids is 1. The number of carbonyl (C=O) groups excluding carboxylic acids is 1. The molecule has 5 aromatic rings. The van der Waals surface area contributed by atoms with Crippen molar-refractivity contribution in [3.05, 3.63) is 100 Å². The molecule has 4 aromatic carbocycles. The van der Waals surface area contributed by atoms with Gasteiger partial charge in [0.05, 0.1) is 40.9 Å². The summed E-state index contributed by atoms with van der Waals surface area (Å²) in [5.41, 5.74) is 5.48. The number of halogens is 2. The number of ether oxygens (including phenoxy) is 4. The second-order valence-corrected chi connectivity index (χ2v) is 11.0. The van der Waals surface area contributed by atoms with Gasteiger partial charge in [0.2, 0.25) is 12.5 Å². The molecular weight excluding hydrogens is 635 g/mol. The third-order valence-corrected chi connectivity index (χ3v) is 8.21. The molecule has 0 atom stereocenters. The van der Waals surface area contributed by atoms with Crippen LogP contribution in [0, 0.1) is 0 Å². The Morgan fingerprint density at radius 3 is 2.35 bits per heavy atom. The molecule has 0 amide bonds. The van der Waals surface area contributed by atoms with E-state index in [1.165, 1.54) is 16.8 Å². The van der Waals surface area contributed by atoms with Gasteiger partial charge in [0, 0.05) is 30.6 Å². The Bertz CT molecular complexity index is 1880. The van der Waals surface area contributed by atoms with E-state index < -0.39 is 5.97 Å². The number of aliphatic carboxylic acids is 1. The smallest absolute Gasteiger partial charge is 0.231 e. The molecule has 2 aliphatic rings. The van der Waals surface area contributed by atoms with E-state index >= 15 is 0 Å². The van der Waals surface area contributed by atoms with Gasteiger partial charge in [-0.3, -0.25) is 0 Å². The van der Waals surface area contributed by atoms with E-state index in [2.05, 4.69) is 40.3 Å². The standard InChI is InChI=1S/C20H18NO4.C14H11Cl2NO2.2H2O/c1-22-17-4-3-12-7-16-14-9-19-18(24-11-25-19)8-13(14)5-6-21(16)10-15(12)20(17)23-2;15-10-5-3-6-11(16)14(10)17-12-7-2-1-4-9(12)8-13(18)19;;/h3-4,7-10H,5-6,11H2,1-2H3;1-7,17H,8H2,(H,18,19);2*1H2/q+1;;;/p-1. The maximum Gasteiger partial charge on any atom is 0.231 e. The van der Waals surface area contributed by atoms with Gasteiger partial charge in [-0.05, 0) is 59.0 Å². The average molecular weight is 668 g/mol. The molecule has 0 aliphatic carbocycles. The number of hydrogen-bond donors (Lipinski definition) is 1. The number of carboxylic acid groups (broad SMARTS) is 1. The predicted octanol–water partition coefficient (Wildman–Crippen LogP) is 4.48. The maximum absolute atomic E-state index is 10.7. The van der Waals surface area contributed by atoms with Crippen LogP contribution < -0.4 is 33.9 Å². The second kappa shape index (κ2) is 14.6. The molecule has 0 spiro atoms. The van der Waals surface area contributed by atoms with E-state index in [4.69, 9.17) is 42.1 Å². The van der Waals surface area contributed by atoms with Gasteiger partial charge in [0.25, 0.3) is 0 Å². The van der Waals surface area contributed by atoms with Crippen molar-refractivity contribution in [2.45, 2.75) is 19.4 Å². The number of aromatic nitrogens is 1. The number of methoxy groups -OCH3 is 2. The lowest BCUT2D eigenvalue weighted by Gasteiger charge is -2.17. The Kier molecular flexibility index (Phi) is 10.8. The van der Waals surface area contributed by atoms with E-state index in [1.807, 2.05) is 6.07 Å². The van der Waals surface area contributed by atoms with Crippen LogP contribution in [-0.2, 0) is 24.2 Å². The normalized spacial score (nSPS) is 11.9. The summed E-state index contributed by atoms with van der Waals surface area (Å²) >= 11 is 12.1. The van der Waals surface area contributed by atoms with Gasteiger partial charge < -0.3 is 45.1 Å². The highest BCUT2D eigenvalue weighted by Gasteiger charge is 2.28. The summed E-state index contributed by atoms with van der Waals surface area (Å²) < 4.78 is 24.4. The fourth-order valence-electron chi connectivity index (χ4n) is 5.47. The Morgan fingerprint density at radius 2 is 1.65 bits per heavy atom. The van der Waals surface area contributed by atoms with Gasteiger partial charge in [0.15, 0.2) is 35.7 Å². The number of pyridine rings is 1. The van der Waals surface area contributed by atoms with Crippen LogP contribution in [0.25, 0.3) is 22.0 Å². The fraction of sp³-hybridized carbons (Fsp3) is 0.176. The second-order valence-electron chi connectivity index (χ2n) is 10.2. The molecule has 0 saturated carbocycles. The quantitative estimate of drug-likeness (QED) is 0.262. The third-order valence-electron chi connectivity index (χ3n) is 7.58. The third kappa shape index (κ3) is 6.75. The highest BCUT2D eigenvalue weighted by Crippen LogP contribution is 2.41. The minimum absolute atomic E-state index is 0. The molecule has 1 aromatic heterocycles. The van der Waals surface area contributed by atoms with Crippen molar-refractivity contribution in [1.82, 2.24) is 0 Å². The number of rotatable bonds is 6. The monoisotopic (exact) mass is 666 g/mol. The van der Waals surface area contributed by atoms with Gasteiger partial charge >= 0.3 is 0 Å². The highest BCUT2D eigenvalue weighted by molar-refractivity contribution is 6.39. The summed E-state index contributed by atoms with van der Waals surface area (Å²) in [7, 11) is 3.34. The molecule has 2 aliphatic heterocycles. The van der Waals surface area contributed by atoms with Crippen molar-refractivity contribution in [3.8, 4) is 34.3 Å². The zero-order chi connectivity index (χ0) is 30.8. The first-order valence-corrected chi connectivity index (χ1v) is 14.6. The lowest BCUT2D eigenvalue weighted by Crippen LogP contribution is -2.40. The molecule has 0 fully saturated rings. The van der Waals surface area contributed by atoms with E-state index in [0.29, 0.717) is 33.8 Å². The van der Waals surface area contributed by atoms with Gasteiger partial charge in [-0.25, -0.2) is 0 Å². The van der Waals surface area contributed by atoms with Crippen LogP contribution in [0.2, 0.25) is 10.0 Å². The summed E-state index contributed by atoms with van der Waals surface area (Å²) in [5.74, 6) is 2.04. The van der Waals surface area contributed by atoms with Gasteiger partial charge in [0.1, 0.15) is 0 Å². The molecular formula is C34H32Cl2N2O8. The summed E-state index contributed by atoms with van der Waals surface area (Å²) in [6.45, 7) is 1.21. The van der Waals surface area contributed by atoms with Crippen LogP contribution in [0.1, 0.15) is 11.1 Å². The number of benzene rings is 4. The summed E-state index contributed by atoms with van der Waals surface area (Å²) in [4.78, 5) is 10.7. The van der Waals surface area contributed by atoms with E-state index in [1.54, 1.807) is 56.7 Å². The molecule has 5 N–H and O–H groups in total. The number of fused-ring (bicyclic) bond motifs is 5. The average Bonchev–Trinajstić information content (AvgIpc) is 3.48. The first-order valence-electron chi connectivity index (χ1n) is 13.9. The molecule has 0 unspecified atom stereocenters. The Morgan fingerprint density at radius 1 is 0.935 bits per heavy atom. The molecule has 3 heterocycles. The molecule has 0 bridgehead atoms. The summed E-state index contributed by atoms with van der Waals surface area (Å²) in [5, 5.41) is 16.9. The largest absolute Gasteiger partial charge is 0.550 e. The fourth-order valence-corrected chi connectivity index (χ4v) is 5.96. The van der Waals surface area contributed by atoms with Crippen molar-refractivity contribution >= 4 is 51.3 Å².